The van der Waals surface area contributed by atoms with Crippen LogP contribution in [0.15, 0.2) is 53.1 Å². The van der Waals surface area contributed by atoms with Crippen LogP contribution in [0.3, 0.4) is 0 Å². The number of thiophene rings is 1. The summed E-state index contributed by atoms with van der Waals surface area (Å²) in [4.78, 5) is 45.6. The molecule has 0 bridgehead atoms. The van der Waals surface area contributed by atoms with Crippen LogP contribution in [0.25, 0.3) is 0 Å². The maximum Gasteiger partial charge on any atom is 0.350 e. The highest BCUT2D eigenvalue weighted by Crippen LogP contribution is 2.44. The first-order chi connectivity index (χ1) is 16.5. The van der Waals surface area contributed by atoms with Crippen LogP contribution in [0, 0.1) is 6.92 Å². The van der Waals surface area contributed by atoms with Crippen LogP contribution in [-0.4, -0.2) is 34.4 Å². The zero-order valence-corrected chi connectivity index (χ0v) is 21.8. The van der Waals surface area contributed by atoms with E-state index in [0.29, 0.717) is 16.1 Å². The highest BCUT2D eigenvalue weighted by Gasteiger charge is 2.46. The van der Waals surface area contributed by atoms with Gasteiger partial charge in [0.25, 0.3) is 5.91 Å². The van der Waals surface area contributed by atoms with Gasteiger partial charge >= 0.3 is 5.97 Å². The molecule has 3 heterocycles. The molecule has 0 radical (unpaired) electrons. The Balaban J connectivity index is 1.85. The van der Waals surface area contributed by atoms with E-state index in [-0.39, 0.29) is 27.6 Å². The Morgan fingerprint density at radius 3 is 2.43 bits per heavy atom. The van der Waals surface area contributed by atoms with Crippen LogP contribution in [0.1, 0.15) is 69.9 Å². The third-order valence-corrected chi connectivity index (χ3v) is 7.75. The van der Waals surface area contributed by atoms with Crippen molar-refractivity contribution in [2.45, 2.75) is 46.1 Å². The molecule has 1 amide bonds. The Morgan fingerprint density at radius 1 is 1.17 bits per heavy atom. The number of hydrogen-bond acceptors (Lipinski definition) is 8. The van der Waals surface area contributed by atoms with E-state index in [4.69, 9.17) is 4.74 Å². The van der Waals surface area contributed by atoms with Crippen molar-refractivity contribution in [3.05, 3.63) is 79.7 Å². The lowest BCUT2D eigenvalue weighted by molar-refractivity contribution is -0.117. The molecular formula is C26H26N2O5S2. The van der Waals surface area contributed by atoms with E-state index in [2.05, 4.69) is 25.8 Å². The minimum Gasteiger partial charge on any atom is -0.503 e. The van der Waals surface area contributed by atoms with E-state index in [1.807, 2.05) is 24.3 Å². The Hall–Kier alpha value is -3.30. The number of hydrogen-bond donors (Lipinski definition) is 1. The number of amides is 1. The molecular weight excluding hydrogens is 484 g/mol. The predicted molar refractivity (Wildman–Crippen MR) is 136 cm³/mol. The summed E-state index contributed by atoms with van der Waals surface area (Å²) in [6.45, 7) is 9.87. The third kappa shape index (κ3) is 4.53. The molecule has 35 heavy (non-hydrogen) atoms. The number of thiazole rings is 1. The summed E-state index contributed by atoms with van der Waals surface area (Å²) in [5.41, 5.74) is 2.06. The molecule has 1 atom stereocenters. The molecule has 7 nitrogen and oxygen atoms in total. The van der Waals surface area contributed by atoms with Crippen molar-refractivity contribution >= 4 is 45.5 Å². The first-order valence-corrected chi connectivity index (χ1v) is 12.8. The number of carbonyl (C=O) groups is 3. The van der Waals surface area contributed by atoms with Gasteiger partial charge in [-0.3, -0.25) is 14.5 Å². The van der Waals surface area contributed by atoms with E-state index in [0.717, 1.165) is 16.9 Å². The van der Waals surface area contributed by atoms with E-state index >= 15 is 0 Å². The number of aryl methyl sites for hydroxylation is 1. The number of rotatable bonds is 6. The largest absolute Gasteiger partial charge is 0.503 e. The number of carbonyl (C=O) groups excluding carboxylic acids is 3. The number of Topliss-reactive ketones (excluding diaryl/α,β-unsaturated/α-hetero) is 1. The van der Waals surface area contributed by atoms with Crippen LogP contribution >= 0.6 is 22.7 Å². The van der Waals surface area contributed by atoms with E-state index in [1.54, 1.807) is 31.4 Å². The summed E-state index contributed by atoms with van der Waals surface area (Å²) in [7, 11) is 0. The molecule has 1 unspecified atom stereocenters. The van der Waals surface area contributed by atoms with Gasteiger partial charge in [-0.05, 0) is 41.8 Å². The summed E-state index contributed by atoms with van der Waals surface area (Å²) < 4.78 is 5.11. The Kier molecular flexibility index (Phi) is 6.66. The standard InChI is InChI=1S/C26H26N2O5S2/c1-6-33-24(32)22-14(2)27-25(35-22)28-19(15-9-11-16(12-10-15)26(3,4)5)18(21(30)23(28)31)20(29)17-8-7-13-34-17/h7-13,19,30H,6H2,1-5H3. The molecule has 1 aliphatic heterocycles. The fraction of sp³-hybridized carbons (Fsp3) is 0.308. The number of nitrogens with zero attached hydrogens (tertiary/aromatic N) is 2. The highest BCUT2D eigenvalue weighted by molar-refractivity contribution is 7.17. The van der Waals surface area contributed by atoms with Crippen molar-refractivity contribution in [1.82, 2.24) is 4.98 Å². The fourth-order valence-electron chi connectivity index (χ4n) is 3.93. The quantitative estimate of drug-likeness (QED) is 0.334. The predicted octanol–water partition coefficient (Wildman–Crippen LogP) is 5.77. The Labute approximate surface area is 211 Å². The van der Waals surface area contributed by atoms with Gasteiger partial charge in [-0.1, -0.05) is 62.4 Å². The molecule has 2 aromatic heterocycles. The summed E-state index contributed by atoms with van der Waals surface area (Å²) in [5.74, 6) is -2.30. The van der Waals surface area contributed by atoms with E-state index in [1.165, 1.54) is 16.2 Å². The van der Waals surface area contributed by atoms with Crippen molar-refractivity contribution in [1.29, 1.82) is 0 Å². The second-order valence-electron chi connectivity index (χ2n) is 9.15. The van der Waals surface area contributed by atoms with Gasteiger partial charge in [-0.15, -0.1) is 11.3 Å². The van der Waals surface area contributed by atoms with Gasteiger partial charge in [-0.25, -0.2) is 9.78 Å². The number of aromatic nitrogens is 1. The zero-order chi connectivity index (χ0) is 25.5. The van der Waals surface area contributed by atoms with E-state index < -0.39 is 29.5 Å². The van der Waals surface area contributed by atoms with E-state index in [9.17, 15) is 19.5 Å². The second-order valence-corrected chi connectivity index (χ2v) is 11.1. The number of ketones is 1. The third-order valence-electron chi connectivity index (χ3n) is 5.74. The molecule has 182 valence electrons. The Bertz CT molecular complexity index is 1310. The first kappa shape index (κ1) is 24.8. The summed E-state index contributed by atoms with van der Waals surface area (Å²) in [5, 5.41) is 12.9. The van der Waals surface area contributed by atoms with Crippen molar-refractivity contribution in [3.8, 4) is 0 Å². The van der Waals surface area contributed by atoms with Crippen LogP contribution in [-0.2, 0) is 14.9 Å². The number of esters is 1. The van der Waals surface area contributed by atoms with Crippen molar-refractivity contribution < 1.29 is 24.2 Å². The lowest BCUT2D eigenvalue weighted by Gasteiger charge is -2.26. The SMILES string of the molecule is CCOC(=O)c1sc(N2C(=O)C(O)=C(C(=O)c3cccs3)C2c2ccc(C(C)(C)C)cc2)nc1C. The first-order valence-electron chi connectivity index (χ1n) is 11.1. The number of aliphatic hydroxyl groups is 1. The highest BCUT2D eigenvalue weighted by atomic mass is 32.1. The molecule has 4 rings (SSSR count). The summed E-state index contributed by atoms with van der Waals surface area (Å²) >= 11 is 2.24. The number of aliphatic hydroxyl groups excluding tert-OH is 1. The molecule has 9 heteroatoms. The van der Waals surface area contributed by atoms with Gasteiger partial charge in [0.15, 0.2) is 10.9 Å². The number of benzene rings is 1. The monoisotopic (exact) mass is 510 g/mol. The van der Waals surface area contributed by atoms with Crippen molar-refractivity contribution in [2.24, 2.45) is 0 Å². The molecule has 3 aromatic rings. The molecule has 0 saturated heterocycles. The minimum atomic E-state index is -0.897. The number of ether oxygens (including phenoxy) is 1. The van der Waals surface area contributed by atoms with Crippen molar-refractivity contribution in [2.75, 3.05) is 11.5 Å². The topological polar surface area (TPSA) is 96.8 Å². The zero-order valence-electron chi connectivity index (χ0n) is 20.1. The fourth-order valence-corrected chi connectivity index (χ4v) is 5.59. The van der Waals surface area contributed by atoms with Gasteiger partial charge in [0.05, 0.1) is 28.8 Å². The van der Waals surface area contributed by atoms with Gasteiger partial charge in [-0.2, -0.15) is 0 Å². The maximum absolute atomic E-state index is 13.4. The molecule has 1 aromatic carbocycles. The van der Waals surface area contributed by atoms with Crippen LogP contribution in [0.5, 0.6) is 0 Å². The maximum atomic E-state index is 13.4. The second kappa shape index (κ2) is 9.39. The van der Waals surface area contributed by atoms with Gasteiger partial charge in [0.2, 0.25) is 5.78 Å². The normalized spacial score (nSPS) is 16.2. The summed E-state index contributed by atoms with van der Waals surface area (Å²) in [6.07, 6.45) is 0. The Morgan fingerprint density at radius 2 is 1.86 bits per heavy atom. The van der Waals surface area contributed by atoms with Crippen molar-refractivity contribution in [3.63, 3.8) is 0 Å². The van der Waals surface area contributed by atoms with Gasteiger partial charge in [0, 0.05) is 0 Å². The van der Waals surface area contributed by atoms with Gasteiger partial charge in [0.1, 0.15) is 4.88 Å². The van der Waals surface area contributed by atoms with Crippen LogP contribution < -0.4 is 4.90 Å². The van der Waals surface area contributed by atoms with Crippen LogP contribution in [0.4, 0.5) is 5.13 Å². The lowest BCUT2D eigenvalue weighted by Crippen LogP contribution is -2.31. The number of anilines is 1. The average molecular weight is 511 g/mol. The minimum absolute atomic E-state index is 0.00787. The summed E-state index contributed by atoms with van der Waals surface area (Å²) in [6, 6.07) is 10.1. The lowest BCUT2D eigenvalue weighted by atomic mass is 9.85. The van der Waals surface area contributed by atoms with Gasteiger partial charge < -0.3 is 9.84 Å². The smallest absolute Gasteiger partial charge is 0.350 e. The molecule has 1 aliphatic rings. The molecule has 1 N–H and O–H groups in total. The van der Waals surface area contributed by atoms with Crippen LogP contribution in [0.2, 0.25) is 0 Å². The molecule has 0 spiro atoms. The molecule has 0 saturated carbocycles. The molecule has 0 aliphatic carbocycles. The average Bonchev–Trinajstić information content (AvgIpc) is 3.52. The molecule has 0 fully saturated rings.